The topological polar surface area (TPSA) is 49.8 Å². The van der Waals surface area contributed by atoms with Crippen LogP contribution in [-0.2, 0) is 0 Å². The quantitative estimate of drug-likeness (QED) is 0.653. The summed E-state index contributed by atoms with van der Waals surface area (Å²) in [7, 11) is 0. The Morgan fingerprint density at radius 1 is 1.17 bits per heavy atom. The molecule has 0 saturated carbocycles. The van der Waals surface area contributed by atoms with Crippen molar-refractivity contribution in [3.63, 3.8) is 0 Å². The summed E-state index contributed by atoms with van der Waals surface area (Å²) >= 11 is 6.00. The van der Waals surface area contributed by atoms with Crippen molar-refractivity contribution in [1.82, 2.24) is 9.97 Å². The highest BCUT2D eigenvalue weighted by molar-refractivity contribution is 6.30. The summed E-state index contributed by atoms with van der Waals surface area (Å²) in [6.45, 7) is 6.36. The number of fused-ring (bicyclic) bond motifs is 1. The van der Waals surface area contributed by atoms with Crippen molar-refractivity contribution in [1.29, 1.82) is 0 Å². The van der Waals surface area contributed by atoms with Gasteiger partial charge in [-0.2, -0.15) is 4.98 Å². The predicted molar refractivity (Wildman–Crippen MR) is 97.7 cm³/mol. The van der Waals surface area contributed by atoms with Gasteiger partial charge >= 0.3 is 0 Å². The molecule has 0 unspecified atom stereocenters. The minimum absolute atomic E-state index is 0.542. The van der Waals surface area contributed by atoms with E-state index < -0.39 is 0 Å². The van der Waals surface area contributed by atoms with Crippen molar-refractivity contribution in [2.45, 2.75) is 6.92 Å². The second-order valence-electron chi connectivity index (χ2n) is 5.17. The van der Waals surface area contributed by atoms with Crippen LogP contribution < -0.4 is 10.6 Å². The number of para-hydroxylation sites is 1. The molecule has 0 fully saturated rings. The first-order valence-corrected chi connectivity index (χ1v) is 7.70. The van der Waals surface area contributed by atoms with E-state index >= 15 is 0 Å². The maximum atomic E-state index is 6.00. The van der Waals surface area contributed by atoms with Gasteiger partial charge in [-0.15, -0.1) is 6.58 Å². The van der Waals surface area contributed by atoms with E-state index in [1.165, 1.54) is 0 Å². The van der Waals surface area contributed by atoms with Crippen molar-refractivity contribution < 1.29 is 0 Å². The lowest BCUT2D eigenvalue weighted by molar-refractivity contribution is 1.18. The van der Waals surface area contributed by atoms with E-state index in [2.05, 4.69) is 27.2 Å². The highest BCUT2D eigenvalue weighted by Crippen LogP contribution is 2.26. The average molecular weight is 325 g/mol. The van der Waals surface area contributed by atoms with Crippen LogP contribution in [0.15, 0.2) is 55.1 Å². The summed E-state index contributed by atoms with van der Waals surface area (Å²) in [6.07, 6.45) is 1.80. The molecule has 0 bridgehead atoms. The molecule has 5 heteroatoms. The van der Waals surface area contributed by atoms with Crippen LogP contribution in [0.3, 0.4) is 0 Å². The molecule has 0 radical (unpaired) electrons. The Morgan fingerprint density at radius 2 is 2.00 bits per heavy atom. The second kappa shape index (κ2) is 6.67. The van der Waals surface area contributed by atoms with Gasteiger partial charge in [-0.1, -0.05) is 29.8 Å². The predicted octanol–water partition coefficient (Wildman–Crippen LogP) is 4.93. The number of anilines is 3. The Morgan fingerprint density at radius 3 is 2.78 bits per heavy atom. The van der Waals surface area contributed by atoms with Crippen LogP contribution in [0.4, 0.5) is 17.5 Å². The summed E-state index contributed by atoms with van der Waals surface area (Å²) in [5.41, 5.74) is 2.84. The van der Waals surface area contributed by atoms with Gasteiger partial charge in [0.05, 0.1) is 5.52 Å². The lowest BCUT2D eigenvalue weighted by Gasteiger charge is -2.12. The van der Waals surface area contributed by atoms with Crippen LogP contribution in [0.1, 0.15) is 5.56 Å². The van der Waals surface area contributed by atoms with E-state index in [1.807, 2.05) is 49.4 Å². The van der Waals surface area contributed by atoms with Crippen molar-refractivity contribution in [3.8, 4) is 0 Å². The van der Waals surface area contributed by atoms with E-state index in [4.69, 9.17) is 11.6 Å². The molecule has 0 aliphatic carbocycles. The van der Waals surface area contributed by atoms with E-state index in [-0.39, 0.29) is 0 Å². The summed E-state index contributed by atoms with van der Waals surface area (Å²) in [4.78, 5) is 9.16. The van der Waals surface area contributed by atoms with E-state index in [9.17, 15) is 0 Å². The monoisotopic (exact) mass is 324 g/mol. The molecule has 3 rings (SSSR count). The third-order valence-electron chi connectivity index (χ3n) is 3.45. The standard InChI is InChI=1S/C18H17ClN4/c1-3-10-20-17-14-6-4-5-7-16(14)22-18(23-17)21-15-9-8-13(19)11-12(15)2/h3-9,11H,1,10H2,2H3,(H2,20,21,22,23). The third-order valence-corrected chi connectivity index (χ3v) is 3.69. The van der Waals surface area contributed by atoms with Crippen molar-refractivity contribution in [2.24, 2.45) is 0 Å². The molecule has 4 nitrogen and oxygen atoms in total. The van der Waals surface area contributed by atoms with Gasteiger partial charge in [0.15, 0.2) is 0 Å². The van der Waals surface area contributed by atoms with Gasteiger partial charge in [-0.3, -0.25) is 0 Å². The van der Waals surface area contributed by atoms with E-state index in [1.54, 1.807) is 6.08 Å². The maximum Gasteiger partial charge on any atom is 0.229 e. The number of hydrogen-bond donors (Lipinski definition) is 2. The van der Waals surface area contributed by atoms with Crippen LogP contribution >= 0.6 is 11.6 Å². The number of nitrogens with one attached hydrogen (secondary N) is 2. The Hall–Kier alpha value is -2.59. The molecule has 0 aliphatic heterocycles. The number of benzene rings is 2. The molecule has 116 valence electrons. The molecular formula is C18H17ClN4. The third kappa shape index (κ3) is 3.43. The number of aromatic nitrogens is 2. The number of aryl methyl sites for hydroxylation is 1. The van der Waals surface area contributed by atoms with Crippen LogP contribution in [0.2, 0.25) is 5.02 Å². The fourth-order valence-electron chi connectivity index (χ4n) is 2.32. The first-order valence-electron chi connectivity index (χ1n) is 7.32. The normalized spacial score (nSPS) is 10.5. The SMILES string of the molecule is C=CCNc1nc(Nc2ccc(Cl)cc2C)nc2ccccc12. The molecule has 3 aromatic rings. The molecule has 2 aromatic carbocycles. The highest BCUT2D eigenvalue weighted by Gasteiger charge is 2.08. The van der Waals surface area contributed by atoms with Gasteiger partial charge in [-0.25, -0.2) is 4.98 Å². The van der Waals surface area contributed by atoms with Crippen LogP contribution in [-0.4, -0.2) is 16.5 Å². The number of rotatable bonds is 5. The Labute approximate surface area is 140 Å². The molecule has 2 N–H and O–H groups in total. The molecule has 23 heavy (non-hydrogen) atoms. The molecule has 0 spiro atoms. The first-order chi connectivity index (χ1) is 11.2. The van der Waals surface area contributed by atoms with Crippen LogP contribution in [0, 0.1) is 6.92 Å². The zero-order chi connectivity index (χ0) is 16.2. The fourth-order valence-corrected chi connectivity index (χ4v) is 2.55. The van der Waals surface area contributed by atoms with Gasteiger partial charge in [-0.05, 0) is 42.8 Å². The molecule has 0 amide bonds. The van der Waals surface area contributed by atoms with Gasteiger partial charge in [0.2, 0.25) is 5.95 Å². The van der Waals surface area contributed by atoms with Gasteiger partial charge < -0.3 is 10.6 Å². The minimum atomic E-state index is 0.542. The molecule has 0 atom stereocenters. The maximum absolute atomic E-state index is 6.00. The molecule has 0 saturated heterocycles. The molecular weight excluding hydrogens is 308 g/mol. The van der Waals surface area contributed by atoms with Gasteiger partial charge in [0, 0.05) is 22.6 Å². The lowest BCUT2D eigenvalue weighted by atomic mass is 10.2. The van der Waals surface area contributed by atoms with Gasteiger partial charge in [0.25, 0.3) is 0 Å². The highest BCUT2D eigenvalue weighted by atomic mass is 35.5. The van der Waals surface area contributed by atoms with Crippen molar-refractivity contribution >= 4 is 40.0 Å². The molecule has 1 heterocycles. The summed E-state index contributed by atoms with van der Waals surface area (Å²) < 4.78 is 0. The van der Waals surface area contributed by atoms with Crippen molar-refractivity contribution in [2.75, 3.05) is 17.2 Å². The van der Waals surface area contributed by atoms with Crippen LogP contribution in [0.25, 0.3) is 10.9 Å². The molecule has 1 aromatic heterocycles. The molecule has 0 aliphatic rings. The summed E-state index contributed by atoms with van der Waals surface area (Å²) in [5.74, 6) is 1.32. The minimum Gasteiger partial charge on any atom is -0.366 e. The zero-order valence-corrected chi connectivity index (χ0v) is 13.6. The van der Waals surface area contributed by atoms with Gasteiger partial charge in [0.1, 0.15) is 5.82 Å². The fraction of sp³-hybridized carbons (Fsp3) is 0.111. The smallest absolute Gasteiger partial charge is 0.229 e. The number of halogens is 1. The summed E-state index contributed by atoms with van der Waals surface area (Å²) in [5, 5.41) is 8.21. The Bertz CT molecular complexity index is 861. The van der Waals surface area contributed by atoms with E-state index in [0.717, 1.165) is 28.0 Å². The first kappa shape index (κ1) is 15.3. The van der Waals surface area contributed by atoms with E-state index in [0.29, 0.717) is 17.5 Å². The Kier molecular flexibility index (Phi) is 4.44. The van der Waals surface area contributed by atoms with Crippen LogP contribution in [0.5, 0.6) is 0 Å². The number of hydrogen-bond acceptors (Lipinski definition) is 4. The number of nitrogens with zero attached hydrogens (tertiary/aromatic N) is 2. The average Bonchev–Trinajstić information content (AvgIpc) is 2.55. The van der Waals surface area contributed by atoms with Crippen molar-refractivity contribution in [3.05, 3.63) is 65.7 Å². The Balaban J connectivity index is 2.01. The summed E-state index contributed by atoms with van der Waals surface area (Å²) in [6, 6.07) is 13.6. The lowest BCUT2D eigenvalue weighted by Crippen LogP contribution is -2.05. The zero-order valence-electron chi connectivity index (χ0n) is 12.8. The largest absolute Gasteiger partial charge is 0.366 e. The second-order valence-corrected chi connectivity index (χ2v) is 5.60.